The lowest BCUT2D eigenvalue weighted by molar-refractivity contribution is 0.709. The van der Waals surface area contributed by atoms with E-state index in [1.807, 2.05) is 0 Å². The molecule has 88 valence electrons. The number of hydrogen-bond donors (Lipinski definition) is 1. The summed E-state index contributed by atoms with van der Waals surface area (Å²) in [6.07, 6.45) is 0. The molecule has 1 aromatic carbocycles. The van der Waals surface area contributed by atoms with Gasteiger partial charge in [0.2, 0.25) is 0 Å². The summed E-state index contributed by atoms with van der Waals surface area (Å²) in [5.74, 6) is 0. The van der Waals surface area contributed by atoms with Gasteiger partial charge in [0.15, 0.2) is 0 Å². The minimum Gasteiger partial charge on any atom is -0.307 e. The summed E-state index contributed by atoms with van der Waals surface area (Å²) in [7, 11) is 0. The summed E-state index contributed by atoms with van der Waals surface area (Å²) >= 11 is 0. The molecule has 17 heavy (non-hydrogen) atoms. The van der Waals surface area contributed by atoms with Crippen LogP contribution in [0.5, 0.6) is 0 Å². The second kappa shape index (κ2) is 3.70. The number of aryl methyl sites for hydroxylation is 2. The Hall–Kier alpha value is -1.61. The zero-order valence-corrected chi connectivity index (χ0v) is 10.5. The molecular weight excluding hydrogens is 210 g/mol. The molecule has 1 aromatic heterocycles. The number of nitrogens with one attached hydrogen (secondary N) is 1. The molecule has 2 aromatic rings. The number of benzene rings is 1. The van der Waals surface area contributed by atoms with Crippen molar-refractivity contribution in [2.45, 2.75) is 33.9 Å². The molecule has 1 N–H and O–H groups in total. The van der Waals surface area contributed by atoms with Crippen molar-refractivity contribution in [1.29, 1.82) is 0 Å². The van der Waals surface area contributed by atoms with Crippen molar-refractivity contribution in [3.8, 4) is 5.69 Å². The third kappa shape index (κ3) is 1.58. The van der Waals surface area contributed by atoms with Gasteiger partial charge in [0.1, 0.15) is 0 Å². The van der Waals surface area contributed by atoms with Crippen LogP contribution in [0.25, 0.3) is 5.69 Å². The molecule has 2 heterocycles. The molecule has 3 nitrogen and oxygen atoms in total. The van der Waals surface area contributed by atoms with Crippen LogP contribution in [-0.4, -0.2) is 9.78 Å². The lowest BCUT2D eigenvalue weighted by atomic mass is 10.1. The molecule has 0 radical (unpaired) electrons. The first-order valence-electron chi connectivity index (χ1n) is 6.02. The first-order chi connectivity index (χ1) is 8.16. The molecule has 0 saturated heterocycles. The van der Waals surface area contributed by atoms with Gasteiger partial charge in [-0.3, -0.25) is 0 Å². The Balaban J connectivity index is 2.19. The van der Waals surface area contributed by atoms with Gasteiger partial charge in [-0.1, -0.05) is 12.1 Å². The van der Waals surface area contributed by atoms with E-state index in [9.17, 15) is 0 Å². The highest BCUT2D eigenvalue weighted by Gasteiger charge is 2.20. The minimum absolute atomic E-state index is 0.897. The monoisotopic (exact) mass is 227 g/mol. The highest BCUT2D eigenvalue weighted by Crippen LogP contribution is 2.24. The normalized spacial score (nSPS) is 14.1. The van der Waals surface area contributed by atoms with Gasteiger partial charge in [0.05, 0.1) is 11.4 Å². The standard InChI is InChI=1S/C14H17N3/c1-9-4-5-10(2)14(6-9)17-11(3)12-7-15-8-13(12)16-17/h4-6,15H,7-8H2,1-3H3. The maximum absolute atomic E-state index is 4.72. The molecule has 0 atom stereocenters. The van der Waals surface area contributed by atoms with Crippen molar-refractivity contribution in [3.63, 3.8) is 0 Å². The lowest BCUT2D eigenvalue weighted by Gasteiger charge is -2.10. The Morgan fingerprint density at radius 1 is 1.18 bits per heavy atom. The Morgan fingerprint density at radius 3 is 2.76 bits per heavy atom. The highest BCUT2D eigenvalue weighted by atomic mass is 15.3. The van der Waals surface area contributed by atoms with E-state index < -0.39 is 0 Å². The number of aromatic nitrogens is 2. The topological polar surface area (TPSA) is 29.9 Å². The van der Waals surface area contributed by atoms with Crippen molar-refractivity contribution in [2.75, 3.05) is 0 Å². The van der Waals surface area contributed by atoms with Crippen LogP contribution in [-0.2, 0) is 13.1 Å². The molecule has 0 aliphatic carbocycles. The van der Waals surface area contributed by atoms with Crippen LogP contribution in [0.2, 0.25) is 0 Å². The third-order valence-electron chi connectivity index (χ3n) is 3.51. The smallest absolute Gasteiger partial charge is 0.0814 e. The molecule has 0 saturated carbocycles. The Kier molecular flexibility index (Phi) is 2.30. The van der Waals surface area contributed by atoms with Gasteiger partial charge in [0, 0.05) is 24.3 Å². The molecule has 1 aliphatic rings. The zero-order chi connectivity index (χ0) is 12.0. The number of fused-ring (bicyclic) bond motifs is 1. The van der Waals surface area contributed by atoms with Crippen molar-refractivity contribution in [1.82, 2.24) is 15.1 Å². The summed E-state index contributed by atoms with van der Waals surface area (Å²) in [4.78, 5) is 0. The van der Waals surface area contributed by atoms with E-state index in [0.717, 1.165) is 13.1 Å². The quantitative estimate of drug-likeness (QED) is 0.810. The molecule has 0 amide bonds. The summed E-state index contributed by atoms with van der Waals surface area (Å²) in [5, 5.41) is 8.05. The number of nitrogens with zero attached hydrogens (tertiary/aromatic N) is 2. The van der Waals surface area contributed by atoms with E-state index in [1.54, 1.807) is 0 Å². The van der Waals surface area contributed by atoms with Crippen molar-refractivity contribution in [2.24, 2.45) is 0 Å². The van der Waals surface area contributed by atoms with E-state index in [0.29, 0.717) is 0 Å². The van der Waals surface area contributed by atoms with Gasteiger partial charge in [-0.2, -0.15) is 5.10 Å². The van der Waals surface area contributed by atoms with Crippen LogP contribution in [0.4, 0.5) is 0 Å². The fourth-order valence-corrected chi connectivity index (χ4v) is 2.45. The molecule has 0 unspecified atom stereocenters. The average molecular weight is 227 g/mol. The lowest BCUT2D eigenvalue weighted by Crippen LogP contribution is -2.08. The Morgan fingerprint density at radius 2 is 2.00 bits per heavy atom. The van der Waals surface area contributed by atoms with Crippen molar-refractivity contribution in [3.05, 3.63) is 46.3 Å². The molecule has 0 fully saturated rings. The fourth-order valence-electron chi connectivity index (χ4n) is 2.45. The van der Waals surface area contributed by atoms with Gasteiger partial charge >= 0.3 is 0 Å². The first kappa shape index (κ1) is 10.5. The fraction of sp³-hybridized carbons (Fsp3) is 0.357. The van der Waals surface area contributed by atoms with Crippen molar-refractivity contribution >= 4 is 0 Å². The van der Waals surface area contributed by atoms with Gasteiger partial charge in [-0.25, -0.2) is 4.68 Å². The largest absolute Gasteiger partial charge is 0.307 e. The van der Waals surface area contributed by atoms with Gasteiger partial charge in [0.25, 0.3) is 0 Å². The van der Waals surface area contributed by atoms with Crippen LogP contribution in [0.1, 0.15) is 28.1 Å². The SMILES string of the molecule is Cc1ccc(C)c(-n2nc3c(c2C)CNC3)c1. The van der Waals surface area contributed by atoms with E-state index >= 15 is 0 Å². The summed E-state index contributed by atoms with van der Waals surface area (Å²) < 4.78 is 2.09. The molecule has 3 heteroatoms. The Labute approximate surface area is 101 Å². The van der Waals surface area contributed by atoms with E-state index in [1.165, 1.54) is 33.8 Å². The predicted octanol–water partition coefficient (Wildman–Crippen LogP) is 2.40. The highest BCUT2D eigenvalue weighted by molar-refractivity contribution is 5.45. The third-order valence-corrected chi connectivity index (χ3v) is 3.51. The number of hydrogen-bond acceptors (Lipinski definition) is 2. The Bertz CT molecular complexity index is 581. The first-order valence-corrected chi connectivity index (χ1v) is 6.02. The average Bonchev–Trinajstić information content (AvgIpc) is 2.86. The van der Waals surface area contributed by atoms with Gasteiger partial charge in [-0.15, -0.1) is 0 Å². The second-order valence-electron chi connectivity index (χ2n) is 4.82. The van der Waals surface area contributed by atoms with Crippen LogP contribution in [0.3, 0.4) is 0 Å². The van der Waals surface area contributed by atoms with E-state index in [2.05, 4.69) is 49.0 Å². The van der Waals surface area contributed by atoms with Crippen LogP contribution >= 0.6 is 0 Å². The maximum Gasteiger partial charge on any atom is 0.0814 e. The molecular formula is C14H17N3. The predicted molar refractivity (Wildman–Crippen MR) is 68.3 cm³/mol. The van der Waals surface area contributed by atoms with Crippen LogP contribution < -0.4 is 5.32 Å². The van der Waals surface area contributed by atoms with E-state index in [4.69, 9.17) is 5.10 Å². The zero-order valence-electron chi connectivity index (χ0n) is 10.5. The maximum atomic E-state index is 4.72. The summed E-state index contributed by atoms with van der Waals surface area (Å²) in [5.41, 5.74) is 7.58. The molecule has 1 aliphatic heterocycles. The second-order valence-corrected chi connectivity index (χ2v) is 4.82. The van der Waals surface area contributed by atoms with Gasteiger partial charge in [-0.05, 0) is 38.0 Å². The summed E-state index contributed by atoms with van der Waals surface area (Å²) in [6.45, 7) is 8.26. The molecule has 3 rings (SSSR count). The molecule has 0 bridgehead atoms. The van der Waals surface area contributed by atoms with Crippen LogP contribution in [0.15, 0.2) is 18.2 Å². The summed E-state index contributed by atoms with van der Waals surface area (Å²) in [6, 6.07) is 6.51. The van der Waals surface area contributed by atoms with Crippen molar-refractivity contribution < 1.29 is 0 Å². The van der Waals surface area contributed by atoms with Gasteiger partial charge < -0.3 is 5.32 Å². The molecule has 0 spiro atoms. The number of rotatable bonds is 1. The minimum atomic E-state index is 0.897. The van der Waals surface area contributed by atoms with Crippen LogP contribution in [0, 0.1) is 20.8 Å². The van der Waals surface area contributed by atoms with E-state index in [-0.39, 0.29) is 0 Å².